The lowest BCUT2D eigenvalue weighted by Gasteiger charge is -2.38. The van der Waals surface area contributed by atoms with Crippen LogP contribution in [-0.2, 0) is 20.9 Å². The van der Waals surface area contributed by atoms with Gasteiger partial charge >= 0.3 is 12.1 Å². The standard InChI is InChI=1S/C16H21NO4/c1-16(2,3)21-15(19)17-9-13(10-17)14(18)20-11-12-7-5-4-6-8-12/h4-8,13H,9-11H2,1-3H3. The average molecular weight is 291 g/mol. The number of rotatable bonds is 3. The highest BCUT2D eigenvalue weighted by Crippen LogP contribution is 2.21. The first-order valence-corrected chi connectivity index (χ1v) is 7.03. The normalized spacial score (nSPS) is 15.3. The smallest absolute Gasteiger partial charge is 0.410 e. The summed E-state index contributed by atoms with van der Waals surface area (Å²) >= 11 is 0. The van der Waals surface area contributed by atoms with Crippen LogP contribution in [-0.4, -0.2) is 35.7 Å². The van der Waals surface area contributed by atoms with Gasteiger partial charge in [-0.3, -0.25) is 4.79 Å². The molecule has 1 aliphatic rings. The van der Waals surface area contributed by atoms with Gasteiger partial charge in [-0.1, -0.05) is 30.3 Å². The summed E-state index contributed by atoms with van der Waals surface area (Å²) in [6.07, 6.45) is -0.380. The molecule has 114 valence electrons. The van der Waals surface area contributed by atoms with Crippen LogP contribution in [0.4, 0.5) is 4.79 Å². The molecule has 0 aromatic heterocycles. The Hall–Kier alpha value is -2.04. The molecular weight excluding hydrogens is 270 g/mol. The van der Waals surface area contributed by atoms with Gasteiger partial charge < -0.3 is 14.4 Å². The first kappa shape index (κ1) is 15.4. The summed E-state index contributed by atoms with van der Waals surface area (Å²) < 4.78 is 10.5. The second-order valence-electron chi connectivity index (χ2n) is 6.18. The Kier molecular flexibility index (Phi) is 4.50. The van der Waals surface area contributed by atoms with Crippen LogP contribution < -0.4 is 0 Å². The van der Waals surface area contributed by atoms with Gasteiger partial charge in [0, 0.05) is 13.1 Å². The van der Waals surface area contributed by atoms with Gasteiger partial charge in [-0.15, -0.1) is 0 Å². The van der Waals surface area contributed by atoms with E-state index in [1.165, 1.54) is 4.90 Å². The summed E-state index contributed by atoms with van der Waals surface area (Å²) in [4.78, 5) is 25.1. The molecule has 0 saturated carbocycles. The van der Waals surface area contributed by atoms with Crippen LogP contribution in [0, 0.1) is 5.92 Å². The zero-order valence-electron chi connectivity index (χ0n) is 12.7. The van der Waals surface area contributed by atoms with Crippen LogP contribution in [0.5, 0.6) is 0 Å². The van der Waals surface area contributed by atoms with Crippen molar-refractivity contribution >= 4 is 12.1 Å². The van der Waals surface area contributed by atoms with Crippen molar-refractivity contribution in [2.45, 2.75) is 33.0 Å². The van der Waals surface area contributed by atoms with E-state index < -0.39 is 5.60 Å². The minimum atomic E-state index is -0.518. The number of ether oxygens (including phenoxy) is 2. The SMILES string of the molecule is CC(C)(C)OC(=O)N1CC(C(=O)OCc2ccccc2)C1. The molecular formula is C16H21NO4. The second-order valence-corrected chi connectivity index (χ2v) is 6.18. The zero-order chi connectivity index (χ0) is 15.5. The minimum absolute atomic E-state index is 0.249. The Morgan fingerprint density at radius 2 is 1.81 bits per heavy atom. The maximum Gasteiger partial charge on any atom is 0.410 e. The number of amides is 1. The minimum Gasteiger partial charge on any atom is -0.460 e. The van der Waals surface area contributed by atoms with E-state index in [2.05, 4.69) is 0 Å². The molecule has 0 aliphatic carbocycles. The quantitative estimate of drug-likeness (QED) is 0.803. The molecule has 0 bridgehead atoms. The van der Waals surface area contributed by atoms with Crippen molar-refractivity contribution in [3.05, 3.63) is 35.9 Å². The second kappa shape index (κ2) is 6.16. The lowest BCUT2D eigenvalue weighted by Crippen LogP contribution is -2.54. The fraction of sp³-hybridized carbons (Fsp3) is 0.500. The first-order chi connectivity index (χ1) is 9.85. The fourth-order valence-electron chi connectivity index (χ4n) is 1.95. The highest BCUT2D eigenvalue weighted by Gasteiger charge is 2.38. The van der Waals surface area contributed by atoms with Crippen molar-refractivity contribution in [3.8, 4) is 0 Å². The number of hydrogen-bond acceptors (Lipinski definition) is 4. The summed E-state index contributed by atoms with van der Waals surface area (Å²) in [7, 11) is 0. The molecule has 0 N–H and O–H groups in total. The molecule has 0 unspecified atom stereocenters. The van der Waals surface area contributed by atoms with Crippen LogP contribution in [0.15, 0.2) is 30.3 Å². The van der Waals surface area contributed by atoms with Crippen LogP contribution in [0.2, 0.25) is 0 Å². The fourth-order valence-corrected chi connectivity index (χ4v) is 1.95. The number of esters is 1. The van der Waals surface area contributed by atoms with Gasteiger partial charge in [0.2, 0.25) is 0 Å². The van der Waals surface area contributed by atoms with Gasteiger partial charge in [0.1, 0.15) is 12.2 Å². The van der Waals surface area contributed by atoms with E-state index in [1.807, 2.05) is 51.1 Å². The molecule has 1 aromatic rings. The monoisotopic (exact) mass is 291 g/mol. The lowest BCUT2D eigenvalue weighted by atomic mass is 10.0. The Morgan fingerprint density at radius 1 is 1.19 bits per heavy atom. The zero-order valence-corrected chi connectivity index (χ0v) is 12.7. The van der Waals surface area contributed by atoms with Crippen molar-refractivity contribution in [2.24, 2.45) is 5.92 Å². The van der Waals surface area contributed by atoms with Crippen molar-refractivity contribution in [3.63, 3.8) is 0 Å². The average Bonchev–Trinajstić information content (AvgIpc) is 2.33. The molecule has 2 rings (SSSR count). The molecule has 0 atom stereocenters. The topological polar surface area (TPSA) is 55.8 Å². The maximum atomic E-state index is 11.9. The highest BCUT2D eigenvalue weighted by molar-refractivity contribution is 5.78. The molecule has 1 aliphatic heterocycles. The summed E-state index contributed by atoms with van der Waals surface area (Å²) in [5, 5.41) is 0. The van der Waals surface area contributed by atoms with Crippen LogP contribution in [0.25, 0.3) is 0 Å². The molecule has 21 heavy (non-hydrogen) atoms. The predicted octanol–water partition coefficient (Wildman–Crippen LogP) is 2.60. The molecule has 1 saturated heterocycles. The first-order valence-electron chi connectivity index (χ1n) is 7.03. The predicted molar refractivity (Wildman–Crippen MR) is 77.5 cm³/mol. The number of benzene rings is 1. The lowest BCUT2D eigenvalue weighted by molar-refractivity contribution is -0.155. The number of carbonyl (C=O) groups excluding carboxylic acids is 2. The highest BCUT2D eigenvalue weighted by atomic mass is 16.6. The van der Waals surface area contributed by atoms with E-state index in [1.54, 1.807) is 0 Å². The van der Waals surface area contributed by atoms with Gasteiger partial charge in [0.25, 0.3) is 0 Å². The van der Waals surface area contributed by atoms with Crippen molar-refractivity contribution in [2.75, 3.05) is 13.1 Å². The summed E-state index contributed by atoms with van der Waals surface area (Å²) in [6, 6.07) is 9.52. The number of hydrogen-bond donors (Lipinski definition) is 0. The van der Waals surface area contributed by atoms with E-state index in [9.17, 15) is 9.59 Å². The molecule has 1 heterocycles. The van der Waals surface area contributed by atoms with E-state index in [0.29, 0.717) is 13.1 Å². The Labute approximate surface area is 124 Å². The largest absolute Gasteiger partial charge is 0.460 e. The third-order valence-electron chi connectivity index (χ3n) is 3.09. The number of carbonyl (C=O) groups is 2. The molecule has 1 aromatic carbocycles. The van der Waals surface area contributed by atoms with Crippen molar-refractivity contribution < 1.29 is 19.1 Å². The Balaban J connectivity index is 1.72. The van der Waals surface area contributed by atoms with Gasteiger partial charge in [-0.2, -0.15) is 0 Å². The number of likely N-dealkylation sites (tertiary alicyclic amines) is 1. The van der Waals surface area contributed by atoms with E-state index >= 15 is 0 Å². The third kappa shape index (κ3) is 4.48. The Morgan fingerprint density at radius 3 is 2.38 bits per heavy atom. The Bertz CT molecular complexity index is 501. The van der Waals surface area contributed by atoms with Gasteiger partial charge in [-0.05, 0) is 26.3 Å². The molecule has 0 radical (unpaired) electrons. The van der Waals surface area contributed by atoms with Gasteiger partial charge in [0.05, 0.1) is 5.92 Å². The molecule has 5 nitrogen and oxygen atoms in total. The molecule has 1 amide bonds. The van der Waals surface area contributed by atoms with Crippen LogP contribution >= 0.6 is 0 Å². The molecule has 1 fully saturated rings. The van der Waals surface area contributed by atoms with Crippen molar-refractivity contribution in [1.82, 2.24) is 4.90 Å². The number of nitrogens with zero attached hydrogens (tertiary/aromatic N) is 1. The third-order valence-corrected chi connectivity index (χ3v) is 3.09. The van der Waals surface area contributed by atoms with Gasteiger partial charge in [-0.25, -0.2) is 4.79 Å². The molecule has 5 heteroatoms. The van der Waals surface area contributed by atoms with E-state index in [4.69, 9.17) is 9.47 Å². The van der Waals surface area contributed by atoms with E-state index in [-0.39, 0.29) is 24.6 Å². The molecule has 0 spiro atoms. The van der Waals surface area contributed by atoms with Gasteiger partial charge in [0.15, 0.2) is 0 Å². The summed E-state index contributed by atoms with van der Waals surface area (Å²) in [5.74, 6) is -0.514. The van der Waals surface area contributed by atoms with E-state index in [0.717, 1.165) is 5.56 Å². The van der Waals surface area contributed by atoms with Crippen LogP contribution in [0.3, 0.4) is 0 Å². The summed E-state index contributed by atoms with van der Waals surface area (Å²) in [6.45, 7) is 6.44. The summed E-state index contributed by atoms with van der Waals surface area (Å²) in [5.41, 5.74) is 0.435. The van der Waals surface area contributed by atoms with Crippen LogP contribution in [0.1, 0.15) is 26.3 Å². The maximum absolute atomic E-state index is 11.9. The van der Waals surface area contributed by atoms with Crippen molar-refractivity contribution in [1.29, 1.82) is 0 Å².